The molecule has 1 rings (SSSR count). The highest BCUT2D eigenvalue weighted by atomic mass is 19.1. The highest BCUT2D eigenvalue weighted by molar-refractivity contribution is 5.29. The second-order valence-corrected chi connectivity index (χ2v) is 4.23. The Morgan fingerprint density at radius 1 is 1.39 bits per heavy atom. The van der Waals surface area contributed by atoms with Crippen molar-refractivity contribution in [3.63, 3.8) is 0 Å². The van der Waals surface area contributed by atoms with E-state index in [9.17, 15) is 4.39 Å². The summed E-state index contributed by atoms with van der Waals surface area (Å²) in [6, 6.07) is 5.22. The van der Waals surface area contributed by atoms with Gasteiger partial charge in [0.15, 0.2) is 11.6 Å². The van der Waals surface area contributed by atoms with E-state index < -0.39 is 0 Å². The van der Waals surface area contributed by atoms with Crippen LogP contribution in [0.25, 0.3) is 0 Å². The summed E-state index contributed by atoms with van der Waals surface area (Å²) in [4.78, 5) is 0. The van der Waals surface area contributed by atoms with Crippen molar-refractivity contribution in [2.45, 2.75) is 32.4 Å². The zero-order valence-corrected chi connectivity index (χ0v) is 11.5. The second kappa shape index (κ2) is 7.34. The summed E-state index contributed by atoms with van der Waals surface area (Å²) in [5.74, 6) is -0.0495. The maximum absolute atomic E-state index is 13.6. The van der Waals surface area contributed by atoms with E-state index in [1.165, 1.54) is 13.2 Å². The maximum atomic E-state index is 13.6. The van der Waals surface area contributed by atoms with Crippen molar-refractivity contribution in [2.75, 3.05) is 20.8 Å². The van der Waals surface area contributed by atoms with Crippen LogP contribution < -0.4 is 10.1 Å². The van der Waals surface area contributed by atoms with Crippen LogP contribution in [0.1, 0.15) is 19.4 Å². The normalized spacial score (nSPS) is 14.3. The number of methoxy groups -OCH3 is 1. The smallest absolute Gasteiger partial charge is 0.165 e. The van der Waals surface area contributed by atoms with Crippen LogP contribution in [0.4, 0.5) is 4.39 Å². The van der Waals surface area contributed by atoms with Gasteiger partial charge in [-0.15, -0.1) is 0 Å². The standard InChI is InChI=1S/C14H22FNO2/c1-5-18-10(2)13(16-3)9-11-6-7-14(17-4)12(15)8-11/h6-8,10,13,16H,5,9H2,1-4H3. The Balaban J connectivity index is 2.72. The van der Waals surface area contributed by atoms with Gasteiger partial charge < -0.3 is 14.8 Å². The lowest BCUT2D eigenvalue weighted by molar-refractivity contribution is 0.0496. The molecule has 18 heavy (non-hydrogen) atoms. The molecule has 102 valence electrons. The van der Waals surface area contributed by atoms with E-state index in [2.05, 4.69) is 5.32 Å². The van der Waals surface area contributed by atoms with Gasteiger partial charge in [0.1, 0.15) is 0 Å². The molecule has 0 saturated heterocycles. The van der Waals surface area contributed by atoms with Crippen LogP contribution in [0.2, 0.25) is 0 Å². The first-order valence-electron chi connectivity index (χ1n) is 6.23. The van der Waals surface area contributed by atoms with E-state index in [1.54, 1.807) is 6.07 Å². The molecule has 2 unspecified atom stereocenters. The van der Waals surface area contributed by atoms with Crippen molar-refractivity contribution < 1.29 is 13.9 Å². The zero-order valence-electron chi connectivity index (χ0n) is 11.5. The molecule has 0 heterocycles. The van der Waals surface area contributed by atoms with E-state index in [0.717, 1.165) is 12.0 Å². The molecule has 4 heteroatoms. The zero-order chi connectivity index (χ0) is 13.5. The molecule has 3 nitrogen and oxygen atoms in total. The molecule has 0 saturated carbocycles. The third kappa shape index (κ3) is 3.96. The fraction of sp³-hybridized carbons (Fsp3) is 0.571. The Labute approximate surface area is 108 Å². The van der Waals surface area contributed by atoms with Gasteiger partial charge >= 0.3 is 0 Å². The van der Waals surface area contributed by atoms with E-state index in [-0.39, 0.29) is 23.7 Å². The molecule has 0 spiro atoms. The summed E-state index contributed by atoms with van der Waals surface area (Å²) in [5.41, 5.74) is 0.930. The third-order valence-corrected chi connectivity index (χ3v) is 3.04. The fourth-order valence-corrected chi connectivity index (χ4v) is 1.97. The van der Waals surface area contributed by atoms with Crippen LogP contribution in [0.5, 0.6) is 5.75 Å². The summed E-state index contributed by atoms with van der Waals surface area (Å²) in [6.07, 6.45) is 0.809. The molecule has 0 bridgehead atoms. The van der Waals surface area contributed by atoms with Gasteiger partial charge in [0, 0.05) is 12.6 Å². The number of hydrogen-bond donors (Lipinski definition) is 1. The number of ether oxygens (including phenoxy) is 2. The summed E-state index contributed by atoms with van der Waals surface area (Å²) in [7, 11) is 3.35. The maximum Gasteiger partial charge on any atom is 0.165 e. The molecule has 2 atom stereocenters. The number of halogens is 1. The van der Waals surface area contributed by atoms with Gasteiger partial charge in [0.2, 0.25) is 0 Å². The highest BCUT2D eigenvalue weighted by Crippen LogP contribution is 2.19. The minimum Gasteiger partial charge on any atom is -0.494 e. The number of benzene rings is 1. The van der Waals surface area contributed by atoms with Crippen molar-refractivity contribution in [2.24, 2.45) is 0 Å². The van der Waals surface area contributed by atoms with Crippen molar-refractivity contribution in [3.8, 4) is 5.75 Å². The Hall–Kier alpha value is -1.13. The number of nitrogens with one attached hydrogen (secondary N) is 1. The molecule has 0 aromatic heterocycles. The lowest BCUT2D eigenvalue weighted by Gasteiger charge is -2.23. The molecule has 0 fully saturated rings. The van der Waals surface area contributed by atoms with Gasteiger partial charge in [-0.25, -0.2) is 4.39 Å². The summed E-state index contributed by atoms with van der Waals surface area (Å²) >= 11 is 0. The predicted octanol–water partition coefficient (Wildman–Crippen LogP) is 2.39. The minimum absolute atomic E-state index is 0.0881. The SMILES string of the molecule is CCOC(C)C(Cc1ccc(OC)c(F)c1)NC. The molecule has 1 N–H and O–H groups in total. The first kappa shape index (κ1) is 14.9. The van der Waals surface area contributed by atoms with Crippen molar-refractivity contribution in [1.29, 1.82) is 0 Å². The summed E-state index contributed by atoms with van der Waals surface area (Å²) < 4.78 is 24.0. The van der Waals surface area contributed by atoms with Crippen LogP contribution >= 0.6 is 0 Å². The molecule has 0 aliphatic carbocycles. The quantitative estimate of drug-likeness (QED) is 0.811. The largest absolute Gasteiger partial charge is 0.494 e. The summed E-state index contributed by atoms with van der Waals surface area (Å²) in [5, 5.41) is 3.20. The van der Waals surface area contributed by atoms with Gasteiger partial charge in [-0.2, -0.15) is 0 Å². The fourth-order valence-electron chi connectivity index (χ4n) is 1.97. The highest BCUT2D eigenvalue weighted by Gasteiger charge is 2.16. The van der Waals surface area contributed by atoms with E-state index in [4.69, 9.17) is 9.47 Å². The van der Waals surface area contributed by atoms with Crippen molar-refractivity contribution in [3.05, 3.63) is 29.6 Å². The lowest BCUT2D eigenvalue weighted by atomic mass is 10.0. The van der Waals surface area contributed by atoms with Gasteiger partial charge in [-0.05, 0) is 45.0 Å². The Morgan fingerprint density at radius 3 is 2.61 bits per heavy atom. The molecule has 1 aromatic rings. The van der Waals surface area contributed by atoms with Crippen LogP contribution in [-0.4, -0.2) is 32.9 Å². The Kier molecular flexibility index (Phi) is 6.09. The third-order valence-electron chi connectivity index (χ3n) is 3.04. The van der Waals surface area contributed by atoms with Gasteiger partial charge in [0.25, 0.3) is 0 Å². The van der Waals surface area contributed by atoms with Crippen LogP contribution in [0.3, 0.4) is 0 Å². The average molecular weight is 255 g/mol. The molecule has 0 aliphatic heterocycles. The first-order valence-corrected chi connectivity index (χ1v) is 6.23. The number of hydrogen-bond acceptors (Lipinski definition) is 3. The Bertz CT molecular complexity index is 371. The van der Waals surface area contributed by atoms with Crippen molar-refractivity contribution >= 4 is 0 Å². The number of likely N-dealkylation sites (N-methyl/N-ethyl adjacent to an activating group) is 1. The Morgan fingerprint density at radius 2 is 2.11 bits per heavy atom. The predicted molar refractivity (Wildman–Crippen MR) is 70.6 cm³/mol. The molecule has 0 radical (unpaired) electrons. The van der Waals surface area contributed by atoms with Crippen molar-refractivity contribution in [1.82, 2.24) is 5.32 Å². The first-order chi connectivity index (χ1) is 8.62. The monoisotopic (exact) mass is 255 g/mol. The molecular formula is C14H22FNO2. The van der Waals surface area contributed by atoms with Crippen LogP contribution in [0, 0.1) is 5.82 Å². The van der Waals surface area contributed by atoms with E-state index in [1.807, 2.05) is 27.0 Å². The van der Waals surface area contributed by atoms with Gasteiger partial charge in [-0.1, -0.05) is 6.07 Å². The molecule has 0 amide bonds. The van der Waals surface area contributed by atoms with E-state index >= 15 is 0 Å². The number of rotatable bonds is 7. The van der Waals surface area contributed by atoms with E-state index in [0.29, 0.717) is 6.61 Å². The van der Waals surface area contributed by atoms with Gasteiger partial charge in [-0.3, -0.25) is 0 Å². The topological polar surface area (TPSA) is 30.5 Å². The molecule has 0 aliphatic rings. The van der Waals surface area contributed by atoms with Gasteiger partial charge in [0.05, 0.1) is 13.2 Å². The summed E-state index contributed by atoms with van der Waals surface area (Å²) in [6.45, 7) is 4.66. The molecule has 1 aromatic carbocycles. The van der Waals surface area contributed by atoms with Crippen LogP contribution in [-0.2, 0) is 11.2 Å². The lowest BCUT2D eigenvalue weighted by Crippen LogP contribution is -2.39. The molecular weight excluding hydrogens is 233 g/mol. The minimum atomic E-state index is -0.325. The van der Waals surface area contributed by atoms with Crippen LogP contribution in [0.15, 0.2) is 18.2 Å². The second-order valence-electron chi connectivity index (χ2n) is 4.23. The average Bonchev–Trinajstić information content (AvgIpc) is 2.36.